The molecule has 1 aliphatic rings. The van der Waals surface area contributed by atoms with Crippen LogP contribution in [-0.4, -0.2) is 58.8 Å². The van der Waals surface area contributed by atoms with E-state index in [1.165, 1.54) is 0 Å². The molecule has 1 aliphatic heterocycles. The summed E-state index contributed by atoms with van der Waals surface area (Å²) in [6.07, 6.45) is 0. The highest BCUT2D eigenvalue weighted by Crippen LogP contribution is 2.24. The van der Waals surface area contributed by atoms with E-state index in [-0.39, 0.29) is 18.0 Å². The Balaban J connectivity index is 2.20. The molecule has 1 aromatic heterocycles. The van der Waals surface area contributed by atoms with E-state index in [1.807, 2.05) is 27.7 Å². The molecule has 0 aromatic carbocycles. The van der Waals surface area contributed by atoms with Crippen LogP contribution in [0, 0.1) is 0 Å². The first-order chi connectivity index (χ1) is 10.1. The van der Waals surface area contributed by atoms with E-state index in [2.05, 4.69) is 10.1 Å². The van der Waals surface area contributed by atoms with Crippen LogP contribution < -0.4 is 0 Å². The highest BCUT2D eigenvalue weighted by Gasteiger charge is 2.34. The summed E-state index contributed by atoms with van der Waals surface area (Å²) in [5.41, 5.74) is 0. The molecule has 2 rings (SSSR count). The molecule has 1 aromatic rings. The number of carbonyl (C=O) groups excluding carboxylic acids is 1. The third-order valence-corrected chi connectivity index (χ3v) is 3.66. The summed E-state index contributed by atoms with van der Waals surface area (Å²) >= 11 is 0. The second-order valence-electron chi connectivity index (χ2n) is 5.38. The predicted octanol–water partition coefficient (Wildman–Crippen LogP) is 2.03. The van der Waals surface area contributed by atoms with Gasteiger partial charge in [-0.15, -0.1) is 0 Å². The maximum atomic E-state index is 12.6. The lowest BCUT2D eigenvalue weighted by Crippen LogP contribution is -2.50. The Bertz CT molecular complexity index is 471. The van der Waals surface area contributed by atoms with Crippen LogP contribution in [0.4, 0.5) is 4.79 Å². The van der Waals surface area contributed by atoms with Gasteiger partial charge >= 0.3 is 6.03 Å². The fourth-order valence-corrected chi connectivity index (χ4v) is 2.34. The van der Waals surface area contributed by atoms with Crippen molar-refractivity contribution in [1.29, 1.82) is 0 Å². The maximum Gasteiger partial charge on any atom is 0.320 e. The summed E-state index contributed by atoms with van der Waals surface area (Å²) in [4.78, 5) is 20.6. The average molecular weight is 296 g/mol. The third kappa shape index (κ3) is 3.34. The average Bonchev–Trinajstić information content (AvgIpc) is 2.98. The molecule has 118 valence electrons. The molecule has 0 radical (unpaired) electrons. The molecular weight excluding hydrogens is 272 g/mol. The lowest BCUT2D eigenvalue weighted by molar-refractivity contribution is 0.000146. The Morgan fingerprint density at radius 1 is 1.43 bits per heavy atom. The van der Waals surface area contributed by atoms with Gasteiger partial charge in [-0.25, -0.2) is 4.79 Å². The third-order valence-electron chi connectivity index (χ3n) is 3.66. The topological polar surface area (TPSA) is 71.7 Å². The van der Waals surface area contributed by atoms with Crippen LogP contribution in [0.5, 0.6) is 0 Å². The number of amides is 2. The fraction of sp³-hybridized carbons (Fsp3) is 0.786. The minimum Gasteiger partial charge on any atom is -0.377 e. The van der Waals surface area contributed by atoms with Gasteiger partial charge in [-0.2, -0.15) is 4.98 Å². The number of ether oxygens (including phenoxy) is 1. The zero-order valence-electron chi connectivity index (χ0n) is 13.2. The second-order valence-corrected chi connectivity index (χ2v) is 5.38. The molecule has 0 bridgehead atoms. The zero-order chi connectivity index (χ0) is 15.4. The smallest absolute Gasteiger partial charge is 0.320 e. The van der Waals surface area contributed by atoms with Gasteiger partial charge < -0.3 is 19.1 Å². The number of aromatic nitrogens is 2. The number of carbonyl (C=O) groups is 1. The minimum atomic E-state index is -0.275. The van der Waals surface area contributed by atoms with Crippen LogP contribution in [0.25, 0.3) is 0 Å². The number of morpholine rings is 1. The molecule has 1 saturated heterocycles. The first kappa shape index (κ1) is 15.8. The van der Waals surface area contributed by atoms with E-state index in [4.69, 9.17) is 9.26 Å². The van der Waals surface area contributed by atoms with Gasteiger partial charge in [-0.1, -0.05) is 19.0 Å². The molecule has 0 saturated carbocycles. The number of rotatable bonds is 4. The van der Waals surface area contributed by atoms with Gasteiger partial charge in [0.15, 0.2) is 5.82 Å². The van der Waals surface area contributed by atoms with Gasteiger partial charge in [-0.3, -0.25) is 0 Å². The summed E-state index contributed by atoms with van der Waals surface area (Å²) < 4.78 is 10.8. The van der Waals surface area contributed by atoms with E-state index in [9.17, 15) is 4.79 Å². The van der Waals surface area contributed by atoms with Crippen molar-refractivity contribution in [2.45, 2.75) is 39.7 Å². The Morgan fingerprint density at radius 3 is 2.71 bits per heavy atom. The Morgan fingerprint density at radius 2 is 2.14 bits per heavy atom. The van der Waals surface area contributed by atoms with Crippen LogP contribution >= 0.6 is 0 Å². The molecular formula is C14H24N4O3. The standard InChI is InChI=1S/C14H24N4O3/c1-5-17(6-2)14(19)18-7-8-20-9-11(18)12-15-13(10(3)4)21-16-12/h10-11H,5-9H2,1-4H3. The first-order valence-corrected chi connectivity index (χ1v) is 7.55. The van der Waals surface area contributed by atoms with Crippen molar-refractivity contribution in [3.8, 4) is 0 Å². The second kappa shape index (κ2) is 6.89. The van der Waals surface area contributed by atoms with Crippen LogP contribution in [0.3, 0.4) is 0 Å². The monoisotopic (exact) mass is 296 g/mol. The normalized spacial score (nSPS) is 19.1. The summed E-state index contributed by atoms with van der Waals surface area (Å²) in [7, 11) is 0. The Hall–Kier alpha value is -1.63. The quantitative estimate of drug-likeness (QED) is 0.850. The molecule has 1 fully saturated rings. The molecule has 2 heterocycles. The highest BCUT2D eigenvalue weighted by molar-refractivity contribution is 5.75. The van der Waals surface area contributed by atoms with E-state index >= 15 is 0 Å². The molecule has 7 nitrogen and oxygen atoms in total. The summed E-state index contributed by atoms with van der Waals surface area (Å²) in [6, 6.07) is -0.271. The van der Waals surface area contributed by atoms with E-state index in [0.29, 0.717) is 44.6 Å². The summed E-state index contributed by atoms with van der Waals surface area (Å²) in [5, 5.41) is 4.03. The Kier molecular flexibility index (Phi) is 5.17. The van der Waals surface area contributed by atoms with Gasteiger partial charge in [0.05, 0.1) is 13.2 Å². The van der Waals surface area contributed by atoms with Crippen molar-refractivity contribution >= 4 is 6.03 Å². The van der Waals surface area contributed by atoms with Gasteiger partial charge in [0.1, 0.15) is 6.04 Å². The number of urea groups is 1. The maximum absolute atomic E-state index is 12.6. The lowest BCUT2D eigenvalue weighted by Gasteiger charge is -2.36. The van der Waals surface area contributed by atoms with Crippen LogP contribution in [-0.2, 0) is 4.74 Å². The molecule has 7 heteroatoms. The minimum absolute atomic E-state index is 0.00389. The van der Waals surface area contributed by atoms with Crippen molar-refractivity contribution < 1.29 is 14.1 Å². The van der Waals surface area contributed by atoms with Gasteiger partial charge in [-0.05, 0) is 13.8 Å². The number of hydrogen-bond donors (Lipinski definition) is 0. The summed E-state index contributed by atoms with van der Waals surface area (Å²) in [5.74, 6) is 1.28. The molecule has 1 unspecified atom stereocenters. The van der Waals surface area contributed by atoms with Crippen molar-refractivity contribution in [3.05, 3.63) is 11.7 Å². The molecule has 2 amide bonds. The molecule has 0 N–H and O–H groups in total. The molecule has 21 heavy (non-hydrogen) atoms. The largest absolute Gasteiger partial charge is 0.377 e. The van der Waals surface area contributed by atoms with Crippen molar-refractivity contribution in [1.82, 2.24) is 19.9 Å². The molecule has 0 aliphatic carbocycles. The highest BCUT2D eigenvalue weighted by atomic mass is 16.5. The predicted molar refractivity (Wildman–Crippen MR) is 77.0 cm³/mol. The lowest BCUT2D eigenvalue weighted by atomic mass is 10.2. The van der Waals surface area contributed by atoms with Crippen LogP contribution in [0.2, 0.25) is 0 Å². The zero-order valence-corrected chi connectivity index (χ0v) is 13.2. The number of nitrogens with zero attached hydrogens (tertiary/aromatic N) is 4. The van der Waals surface area contributed by atoms with Crippen LogP contribution in [0.15, 0.2) is 4.52 Å². The van der Waals surface area contributed by atoms with E-state index in [1.54, 1.807) is 9.80 Å². The van der Waals surface area contributed by atoms with Crippen LogP contribution in [0.1, 0.15) is 51.4 Å². The SMILES string of the molecule is CCN(CC)C(=O)N1CCOCC1c1noc(C(C)C)n1. The molecule has 0 spiro atoms. The van der Waals surface area contributed by atoms with Crippen molar-refractivity contribution in [2.24, 2.45) is 0 Å². The van der Waals surface area contributed by atoms with E-state index in [0.717, 1.165) is 0 Å². The van der Waals surface area contributed by atoms with E-state index < -0.39 is 0 Å². The Labute approximate surface area is 125 Å². The fourth-order valence-electron chi connectivity index (χ4n) is 2.34. The van der Waals surface area contributed by atoms with Gasteiger partial charge in [0.2, 0.25) is 5.89 Å². The number of hydrogen-bond acceptors (Lipinski definition) is 5. The first-order valence-electron chi connectivity index (χ1n) is 7.55. The molecule has 1 atom stereocenters. The summed E-state index contributed by atoms with van der Waals surface area (Å²) in [6.45, 7) is 10.8. The van der Waals surface area contributed by atoms with Crippen molar-refractivity contribution in [2.75, 3.05) is 32.8 Å². The van der Waals surface area contributed by atoms with Crippen molar-refractivity contribution in [3.63, 3.8) is 0 Å². The van der Waals surface area contributed by atoms with Gasteiger partial charge in [0.25, 0.3) is 0 Å². The van der Waals surface area contributed by atoms with Gasteiger partial charge in [0, 0.05) is 25.6 Å².